The van der Waals surface area contributed by atoms with Crippen molar-refractivity contribution in [3.8, 4) is 39.6 Å². The van der Waals surface area contributed by atoms with Crippen LogP contribution in [0.2, 0.25) is 0 Å². The second-order valence-electron chi connectivity index (χ2n) is 14.8. The second kappa shape index (κ2) is 12.3. The van der Waals surface area contributed by atoms with Crippen LogP contribution in [0.15, 0.2) is 205 Å². The molecule has 57 heavy (non-hydrogen) atoms. The van der Waals surface area contributed by atoms with Gasteiger partial charge in [-0.25, -0.2) is 9.97 Å². The van der Waals surface area contributed by atoms with E-state index >= 15 is 0 Å². The Bertz CT molecular complexity index is 3300. The number of rotatable bonds is 5. The van der Waals surface area contributed by atoms with Gasteiger partial charge in [-0.05, 0) is 45.9 Å². The van der Waals surface area contributed by atoms with Crippen LogP contribution in [0.3, 0.4) is 0 Å². The first kappa shape index (κ1) is 32.0. The summed E-state index contributed by atoms with van der Waals surface area (Å²) in [6.45, 7) is 0. The van der Waals surface area contributed by atoms with Crippen LogP contribution in [0.1, 0.15) is 0 Å². The molecule has 0 radical (unpaired) electrons. The van der Waals surface area contributed by atoms with E-state index in [4.69, 9.17) is 14.4 Å². The van der Waals surface area contributed by atoms with Crippen LogP contribution in [0.25, 0.3) is 83.3 Å². The first-order chi connectivity index (χ1) is 28.3. The molecule has 266 valence electrons. The number of furan rings is 1. The highest BCUT2D eigenvalue weighted by Gasteiger charge is 2.51. The lowest BCUT2D eigenvalue weighted by Gasteiger charge is -2.32. The summed E-state index contributed by atoms with van der Waals surface area (Å²) in [5.74, 6) is 0.726. The summed E-state index contributed by atoms with van der Waals surface area (Å²) in [5, 5.41) is 9.81. The van der Waals surface area contributed by atoms with Crippen molar-refractivity contribution < 1.29 is 4.42 Å². The van der Waals surface area contributed by atoms with E-state index in [-0.39, 0.29) is 0 Å². The maximum atomic E-state index is 6.66. The summed E-state index contributed by atoms with van der Waals surface area (Å²) in [5.41, 5.74) is 10.3. The van der Waals surface area contributed by atoms with Gasteiger partial charge in [-0.3, -0.25) is 0 Å². The molecule has 8 aromatic carbocycles. The Kier molecular flexibility index (Phi) is 6.91. The van der Waals surface area contributed by atoms with E-state index in [0.29, 0.717) is 0 Å². The highest BCUT2D eigenvalue weighted by molar-refractivity contribution is 7.22. The third-order valence-electron chi connectivity index (χ3n) is 11.9. The molecule has 0 spiro atoms. The fourth-order valence-corrected chi connectivity index (χ4v) is 14.7. The predicted octanol–water partition coefficient (Wildman–Crippen LogP) is 10.2. The molecule has 0 N–H and O–H groups in total. The molecule has 3 aromatic heterocycles. The van der Waals surface area contributed by atoms with Gasteiger partial charge in [0.1, 0.15) is 5.58 Å². The first-order valence-electron chi connectivity index (χ1n) is 19.4. The van der Waals surface area contributed by atoms with Gasteiger partial charge in [0.15, 0.2) is 19.5 Å². The van der Waals surface area contributed by atoms with E-state index in [1.807, 2.05) is 12.1 Å². The number of aromatic nitrogens is 3. The normalized spacial score (nSPS) is 13.1. The van der Waals surface area contributed by atoms with Crippen molar-refractivity contribution in [1.82, 2.24) is 14.5 Å². The van der Waals surface area contributed by atoms with Crippen molar-refractivity contribution >= 4 is 72.6 Å². The SMILES string of the molecule is c1ccc(-c2nc(-c3ccc(-n4c5ccccc5c5ccc6c7ccccc7oc6c54)cc3)c3c(n2)-c2ccccc2[Si]3(c2ccccc2)c2ccccc2)cc1. The van der Waals surface area contributed by atoms with Gasteiger partial charge in [0.2, 0.25) is 0 Å². The Morgan fingerprint density at radius 3 is 1.79 bits per heavy atom. The molecule has 12 rings (SSSR count). The fourth-order valence-electron chi connectivity index (χ4n) is 9.50. The highest BCUT2D eigenvalue weighted by atomic mass is 28.3. The smallest absolute Gasteiger partial charge is 0.185 e. The molecule has 1 aliphatic heterocycles. The van der Waals surface area contributed by atoms with Crippen LogP contribution >= 0.6 is 0 Å². The highest BCUT2D eigenvalue weighted by Crippen LogP contribution is 2.41. The van der Waals surface area contributed by atoms with E-state index in [2.05, 4.69) is 193 Å². The Hall–Kier alpha value is -7.34. The van der Waals surface area contributed by atoms with Crippen molar-refractivity contribution in [2.75, 3.05) is 0 Å². The van der Waals surface area contributed by atoms with Gasteiger partial charge in [0.25, 0.3) is 0 Å². The van der Waals surface area contributed by atoms with E-state index < -0.39 is 8.07 Å². The molecule has 4 heterocycles. The third-order valence-corrected chi connectivity index (χ3v) is 16.8. The zero-order valence-electron chi connectivity index (χ0n) is 30.8. The minimum absolute atomic E-state index is 0.726. The van der Waals surface area contributed by atoms with Crippen LogP contribution in [0, 0.1) is 0 Å². The average Bonchev–Trinajstić information content (AvgIpc) is 3.94. The van der Waals surface area contributed by atoms with Gasteiger partial charge >= 0.3 is 0 Å². The zero-order valence-corrected chi connectivity index (χ0v) is 31.8. The van der Waals surface area contributed by atoms with E-state index in [1.54, 1.807) is 0 Å². The van der Waals surface area contributed by atoms with Gasteiger partial charge < -0.3 is 8.98 Å². The Morgan fingerprint density at radius 1 is 0.439 bits per heavy atom. The molecule has 1 aliphatic rings. The number of benzene rings is 8. The molecule has 0 amide bonds. The molecular weight excluding hydrogens is 711 g/mol. The molecule has 11 aromatic rings. The van der Waals surface area contributed by atoms with Gasteiger partial charge in [-0.1, -0.05) is 170 Å². The van der Waals surface area contributed by atoms with E-state index in [1.165, 1.54) is 37.1 Å². The lowest BCUT2D eigenvalue weighted by molar-refractivity contribution is 0.671. The molecule has 0 atom stereocenters. The molecule has 0 aliphatic carbocycles. The Balaban J connectivity index is 1.15. The second-order valence-corrected chi connectivity index (χ2v) is 18.5. The summed E-state index contributed by atoms with van der Waals surface area (Å²) in [6.07, 6.45) is 0. The van der Waals surface area contributed by atoms with Crippen LogP contribution in [-0.2, 0) is 0 Å². The number of hydrogen-bond acceptors (Lipinski definition) is 3. The Labute approximate surface area is 330 Å². The molecule has 4 nitrogen and oxygen atoms in total. The number of nitrogens with zero attached hydrogens (tertiary/aromatic N) is 3. The van der Waals surface area contributed by atoms with Gasteiger partial charge in [-0.2, -0.15) is 0 Å². The number of fused-ring (bicyclic) bond motifs is 10. The summed E-state index contributed by atoms with van der Waals surface area (Å²) >= 11 is 0. The monoisotopic (exact) mass is 743 g/mol. The quantitative estimate of drug-likeness (QED) is 0.165. The molecule has 0 fully saturated rings. The van der Waals surface area contributed by atoms with Crippen LogP contribution in [-0.4, -0.2) is 22.6 Å². The van der Waals surface area contributed by atoms with Crippen LogP contribution in [0.5, 0.6) is 0 Å². The van der Waals surface area contributed by atoms with Crippen molar-refractivity contribution in [2.45, 2.75) is 0 Å². The number of hydrogen-bond donors (Lipinski definition) is 0. The predicted molar refractivity (Wildman–Crippen MR) is 237 cm³/mol. The minimum Gasteiger partial charge on any atom is -0.454 e. The fraction of sp³-hybridized carbons (Fsp3) is 0. The van der Waals surface area contributed by atoms with Crippen LogP contribution in [0.4, 0.5) is 0 Å². The first-order valence-corrected chi connectivity index (χ1v) is 21.4. The standard InChI is InChI=1S/C52H33N3OSi/c1-4-16-35(17-5-1)52-53-47(51-48(54-52)43-24-12-15-27-46(43)57(51,37-18-6-2-7-19-37)38-20-8-3-9-21-38)34-28-30-36(31-29-34)55-44-25-13-10-22-39(44)41-32-33-42-40-23-11-14-26-45(40)56-50(42)49(41)55/h1-33H. The average molecular weight is 744 g/mol. The largest absolute Gasteiger partial charge is 0.454 e. The summed E-state index contributed by atoms with van der Waals surface area (Å²) in [6, 6.07) is 71.9. The molecular formula is C52H33N3OSi. The number of para-hydroxylation sites is 2. The van der Waals surface area contributed by atoms with Crippen molar-refractivity contribution in [3.05, 3.63) is 200 Å². The molecule has 5 heteroatoms. The van der Waals surface area contributed by atoms with Crippen molar-refractivity contribution in [3.63, 3.8) is 0 Å². The van der Waals surface area contributed by atoms with Gasteiger partial charge in [0, 0.05) is 49.1 Å². The third kappa shape index (κ3) is 4.55. The maximum absolute atomic E-state index is 6.66. The van der Waals surface area contributed by atoms with E-state index in [9.17, 15) is 0 Å². The topological polar surface area (TPSA) is 43.9 Å². The minimum atomic E-state index is -2.91. The van der Waals surface area contributed by atoms with Gasteiger partial charge in [0.05, 0.1) is 22.4 Å². The lowest BCUT2D eigenvalue weighted by atomic mass is 10.1. The Morgan fingerprint density at radius 2 is 1.04 bits per heavy atom. The molecule has 0 bridgehead atoms. The zero-order chi connectivity index (χ0) is 37.5. The van der Waals surface area contributed by atoms with Crippen molar-refractivity contribution in [2.24, 2.45) is 0 Å². The van der Waals surface area contributed by atoms with Gasteiger partial charge in [-0.15, -0.1) is 0 Å². The summed E-state index contributed by atoms with van der Waals surface area (Å²) in [7, 11) is -2.91. The lowest BCUT2D eigenvalue weighted by Crippen LogP contribution is -2.73. The summed E-state index contributed by atoms with van der Waals surface area (Å²) in [4.78, 5) is 11.1. The van der Waals surface area contributed by atoms with Crippen LogP contribution < -0.4 is 20.7 Å². The summed E-state index contributed by atoms with van der Waals surface area (Å²) < 4.78 is 9.02. The van der Waals surface area contributed by atoms with E-state index in [0.717, 1.165) is 67.0 Å². The maximum Gasteiger partial charge on any atom is 0.185 e. The molecule has 0 saturated carbocycles. The molecule has 0 unspecified atom stereocenters. The van der Waals surface area contributed by atoms with Crippen molar-refractivity contribution in [1.29, 1.82) is 0 Å². The molecule has 0 saturated heterocycles.